The van der Waals surface area contributed by atoms with Gasteiger partial charge in [-0.05, 0) is 0 Å². The highest BCUT2D eigenvalue weighted by Gasteiger charge is 2.18. The van der Waals surface area contributed by atoms with Crippen LogP contribution in [0, 0.1) is 10.1 Å². The molecule has 1 rings (SSSR count). The fourth-order valence-corrected chi connectivity index (χ4v) is 1.18. The van der Waals surface area contributed by atoms with Crippen LogP contribution in [0.5, 0.6) is 0 Å². The lowest BCUT2D eigenvalue weighted by Crippen LogP contribution is -2.07. The molecule has 0 radical (unpaired) electrons. The number of aromatic nitrogens is 1. The standard InChI is InChI=1S/C10H12N4O4/c11-3-1-2-4-12-9-8(14(17)18)5-7(6-13-9)10(15)16/h1-2,5-6H,3-4,11H2,(H,12,13)(H,15,16)/b2-1+. The Bertz CT molecular complexity index is 487. The van der Waals surface area contributed by atoms with E-state index in [9.17, 15) is 14.9 Å². The summed E-state index contributed by atoms with van der Waals surface area (Å²) in [6.07, 6.45) is 4.44. The lowest BCUT2D eigenvalue weighted by atomic mass is 10.2. The minimum atomic E-state index is -1.26. The molecule has 1 aromatic heterocycles. The molecule has 0 aromatic carbocycles. The van der Waals surface area contributed by atoms with Gasteiger partial charge in [0.25, 0.3) is 0 Å². The highest BCUT2D eigenvalue weighted by atomic mass is 16.6. The van der Waals surface area contributed by atoms with E-state index in [1.54, 1.807) is 12.2 Å². The maximum atomic E-state index is 10.8. The van der Waals surface area contributed by atoms with Gasteiger partial charge in [-0.2, -0.15) is 0 Å². The molecular weight excluding hydrogens is 240 g/mol. The predicted octanol–water partition coefficient (Wildman–Crippen LogP) is 0.615. The summed E-state index contributed by atoms with van der Waals surface area (Å²) in [7, 11) is 0. The van der Waals surface area contributed by atoms with Crippen LogP contribution in [0.25, 0.3) is 0 Å². The van der Waals surface area contributed by atoms with Crippen LogP contribution in [0.2, 0.25) is 0 Å². The van der Waals surface area contributed by atoms with Crippen molar-refractivity contribution in [3.8, 4) is 0 Å². The van der Waals surface area contributed by atoms with Gasteiger partial charge >= 0.3 is 11.7 Å². The van der Waals surface area contributed by atoms with E-state index in [1.165, 1.54) is 0 Å². The average molecular weight is 252 g/mol. The van der Waals surface area contributed by atoms with Gasteiger partial charge in [0.05, 0.1) is 10.5 Å². The van der Waals surface area contributed by atoms with E-state index in [-0.39, 0.29) is 17.1 Å². The summed E-state index contributed by atoms with van der Waals surface area (Å²) >= 11 is 0. The van der Waals surface area contributed by atoms with Gasteiger partial charge in [0.1, 0.15) is 0 Å². The molecule has 0 saturated heterocycles. The number of hydrogen-bond acceptors (Lipinski definition) is 6. The van der Waals surface area contributed by atoms with Crippen molar-refractivity contribution in [3.05, 3.63) is 40.1 Å². The van der Waals surface area contributed by atoms with Gasteiger partial charge in [0.15, 0.2) is 0 Å². The molecule has 4 N–H and O–H groups in total. The largest absolute Gasteiger partial charge is 0.478 e. The van der Waals surface area contributed by atoms with Gasteiger partial charge in [0.2, 0.25) is 5.82 Å². The fraction of sp³-hybridized carbons (Fsp3) is 0.200. The van der Waals surface area contributed by atoms with Gasteiger partial charge in [-0.3, -0.25) is 10.1 Å². The second kappa shape index (κ2) is 6.30. The summed E-state index contributed by atoms with van der Waals surface area (Å²) in [5, 5.41) is 22.2. The Morgan fingerprint density at radius 1 is 1.61 bits per heavy atom. The van der Waals surface area contributed by atoms with E-state index in [0.29, 0.717) is 13.1 Å². The first kappa shape index (κ1) is 13.6. The van der Waals surface area contributed by atoms with Crippen LogP contribution in [0.4, 0.5) is 11.5 Å². The first-order valence-electron chi connectivity index (χ1n) is 5.03. The van der Waals surface area contributed by atoms with E-state index < -0.39 is 10.9 Å². The van der Waals surface area contributed by atoms with Gasteiger partial charge in [-0.25, -0.2) is 9.78 Å². The quantitative estimate of drug-likeness (QED) is 0.384. The molecule has 0 amide bonds. The van der Waals surface area contributed by atoms with Crippen molar-refractivity contribution in [1.29, 1.82) is 0 Å². The van der Waals surface area contributed by atoms with Crippen LogP contribution in [-0.2, 0) is 0 Å². The Balaban J connectivity index is 2.93. The molecule has 0 fully saturated rings. The minimum absolute atomic E-state index is 0.0201. The Labute approximate surface area is 102 Å². The number of nitrogens with zero attached hydrogens (tertiary/aromatic N) is 2. The van der Waals surface area contributed by atoms with Crippen molar-refractivity contribution in [2.75, 3.05) is 18.4 Å². The first-order valence-corrected chi connectivity index (χ1v) is 5.03. The molecule has 96 valence electrons. The molecule has 0 unspecified atom stereocenters. The Morgan fingerprint density at radius 2 is 2.33 bits per heavy atom. The Kier molecular flexibility index (Phi) is 4.76. The molecule has 8 nitrogen and oxygen atoms in total. The summed E-state index contributed by atoms with van der Waals surface area (Å²) in [6, 6.07) is 0.963. The van der Waals surface area contributed by atoms with Crippen LogP contribution >= 0.6 is 0 Å². The summed E-state index contributed by atoms with van der Waals surface area (Å²) in [5.74, 6) is -1.24. The molecule has 0 saturated carbocycles. The number of anilines is 1. The van der Waals surface area contributed by atoms with E-state index in [2.05, 4.69) is 10.3 Å². The molecule has 0 atom stereocenters. The lowest BCUT2D eigenvalue weighted by Gasteiger charge is -2.04. The van der Waals surface area contributed by atoms with E-state index in [4.69, 9.17) is 10.8 Å². The second-order valence-corrected chi connectivity index (χ2v) is 3.24. The predicted molar refractivity (Wildman–Crippen MR) is 64.5 cm³/mol. The number of carboxylic acid groups (broad SMARTS) is 1. The number of aromatic carboxylic acids is 1. The third kappa shape index (κ3) is 3.52. The molecule has 0 aliphatic carbocycles. The summed E-state index contributed by atoms with van der Waals surface area (Å²) < 4.78 is 0. The number of nitro groups is 1. The van der Waals surface area contributed by atoms with Crippen molar-refractivity contribution < 1.29 is 14.8 Å². The van der Waals surface area contributed by atoms with Crippen LogP contribution in [0.3, 0.4) is 0 Å². The fourth-order valence-electron chi connectivity index (χ4n) is 1.18. The normalized spacial score (nSPS) is 10.5. The lowest BCUT2D eigenvalue weighted by molar-refractivity contribution is -0.384. The summed E-state index contributed by atoms with van der Waals surface area (Å²) in [4.78, 5) is 24.5. The maximum absolute atomic E-state index is 10.8. The third-order valence-electron chi connectivity index (χ3n) is 2.00. The summed E-state index contributed by atoms with van der Waals surface area (Å²) in [5.41, 5.74) is 4.63. The Hall–Kier alpha value is -2.48. The smallest absolute Gasteiger partial charge is 0.337 e. The molecular formula is C10H12N4O4. The zero-order valence-corrected chi connectivity index (χ0v) is 9.37. The average Bonchev–Trinajstić information content (AvgIpc) is 2.34. The molecule has 1 heterocycles. The number of nitrogens with one attached hydrogen (secondary N) is 1. The molecule has 0 aliphatic rings. The highest BCUT2D eigenvalue weighted by molar-refractivity contribution is 5.88. The number of rotatable bonds is 6. The zero-order chi connectivity index (χ0) is 13.5. The van der Waals surface area contributed by atoms with E-state index >= 15 is 0 Å². The molecule has 0 aliphatic heterocycles. The van der Waals surface area contributed by atoms with E-state index in [0.717, 1.165) is 12.3 Å². The number of nitrogens with two attached hydrogens (primary N) is 1. The van der Waals surface area contributed by atoms with Crippen LogP contribution in [-0.4, -0.2) is 34.1 Å². The van der Waals surface area contributed by atoms with Gasteiger partial charge in [-0.1, -0.05) is 12.2 Å². The van der Waals surface area contributed by atoms with E-state index in [1.807, 2.05) is 0 Å². The SMILES string of the molecule is NC/C=C/CNc1ncc(C(=O)O)cc1[N+](=O)[O-]. The van der Waals surface area contributed by atoms with Crippen LogP contribution in [0.1, 0.15) is 10.4 Å². The number of pyridine rings is 1. The van der Waals surface area contributed by atoms with Crippen molar-refractivity contribution >= 4 is 17.5 Å². The van der Waals surface area contributed by atoms with Crippen molar-refractivity contribution in [2.45, 2.75) is 0 Å². The number of carboxylic acids is 1. The van der Waals surface area contributed by atoms with Gasteiger partial charge < -0.3 is 16.2 Å². The van der Waals surface area contributed by atoms with Gasteiger partial charge in [-0.15, -0.1) is 0 Å². The highest BCUT2D eigenvalue weighted by Crippen LogP contribution is 2.22. The molecule has 18 heavy (non-hydrogen) atoms. The first-order chi connectivity index (χ1) is 8.56. The van der Waals surface area contributed by atoms with Crippen molar-refractivity contribution in [1.82, 2.24) is 4.98 Å². The molecule has 0 bridgehead atoms. The van der Waals surface area contributed by atoms with Gasteiger partial charge in [0, 0.05) is 25.4 Å². The van der Waals surface area contributed by atoms with Crippen LogP contribution in [0.15, 0.2) is 24.4 Å². The minimum Gasteiger partial charge on any atom is -0.478 e. The second-order valence-electron chi connectivity index (χ2n) is 3.24. The number of hydrogen-bond donors (Lipinski definition) is 3. The zero-order valence-electron chi connectivity index (χ0n) is 9.37. The van der Waals surface area contributed by atoms with Crippen LogP contribution < -0.4 is 11.1 Å². The van der Waals surface area contributed by atoms with Crippen molar-refractivity contribution in [2.24, 2.45) is 5.73 Å². The third-order valence-corrected chi connectivity index (χ3v) is 2.00. The Morgan fingerprint density at radius 3 is 2.89 bits per heavy atom. The van der Waals surface area contributed by atoms with Crippen molar-refractivity contribution in [3.63, 3.8) is 0 Å². The molecule has 0 spiro atoms. The topological polar surface area (TPSA) is 131 Å². The number of carbonyl (C=O) groups is 1. The molecule has 1 aromatic rings. The maximum Gasteiger partial charge on any atom is 0.337 e. The molecule has 8 heteroatoms. The summed E-state index contributed by atoms with van der Waals surface area (Å²) in [6.45, 7) is 0.687. The monoisotopic (exact) mass is 252 g/mol.